The number of quaternary nitrogens is 1. The third kappa shape index (κ3) is 3.96. The Kier molecular flexibility index (Phi) is 5.49. The molecule has 3 heteroatoms. The Morgan fingerprint density at radius 1 is 1.23 bits per heavy atom. The molecule has 0 aliphatic heterocycles. The summed E-state index contributed by atoms with van der Waals surface area (Å²) in [6, 6.07) is 0.821. The van der Waals surface area contributed by atoms with Crippen LogP contribution in [0.2, 0.25) is 0 Å². The average Bonchev–Trinajstić information content (AvgIpc) is 2.35. The molecule has 1 N–H and O–H groups in total. The van der Waals surface area contributed by atoms with Crippen LogP contribution in [0.5, 0.6) is 0 Å². The van der Waals surface area contributed by atoms with Crippen molar-refractivity contribution in [3.8, 4) is 0 Å². The van der Waals surface area contributed by atoms with Crippen LogP contribution >= 0.6 is 0 Å². The number of nitrogens with zero attached hydrogens (tertiary/aromatic N) is 1. The zero-order valence-corrected chi connectivity index (χ0v) is 10.5. The summed E-state index contributed by atoms with van der Waals surface area (Å²) in [6.07, 6.45) is 4.98. The highest BCUT2D eigenvalue weighted by atomic mass is 79.9. The summed E-state index contributed by atoms with van der Waals surface area (Å²) >= 11 is 0. The van der Waals surface area contributed by atoms with Crippen LogP contribution in [0.25, 0.3) is 0 Å². The summed E-state index contributed by atoms with van der Waals surface area (Å²) in [5.41, 5.74) is 0. The molecule has 13 heavy (non-hydrogen) atoms. The van der Waals surface area contributed by atoms with Crippen LogP contribution in [-0.2, 0) is 0 Å². The first-order valence-corrected chi connectivity index (χ1v) is 4.96. The highest BCUT2D eigenvalue weighted by Gasteiger charge is 2.32. The first-order valence-electron chi connectivity index (χ1n) is 4.96. The minimum atomic E-state index is 0. The Morgan fingerprint density at radius 3 is 2.23 bits per heavy atom. The largest absolute Gasteiger partial charge is 1.00 e. The SMILES string of the molecule is C[N+](C)(C)C1CCC(CCO)C1.[Br-]. The third-order valence-electron chi connectivity index (χ3n) is 3.15. The molecule has 0 aromatic carbocycles. The monoisotopic (exact) mass is 251 g/mol. The number of hydrogen-bond acceptors (Lipinski definition) is 1. The van der Waals surface area contributed by atoms with Gasteiger partial charge in [0.1, 0.15) is 0 Å². The first kappa shape index (κ1) is 13.4. The van der Waals surface area contributed by atoms with Gasteiger partial charge in [-0.15, -0.1) is 0 Å². The number of hydrogen-bond donors (Lipinski definition) is 1. The molecule has 0 spiro atoms. The second-order valence-electron chi connectivity index (χ2n) is 4.96. The summed E-state index contributed by atoms with van der Waals surface area (Å²) < 4.78 is 1.09. The zero-order chi connectivity index (χ0) is 9.19. The van der Waals surface area contributed by atoms with Crippen LogP contribution in [0.4, 0.5) is 0 Å². The van der Waals surface area contributed by atoms with Gasteiger partial charge in [-0.05, 0) is 25.2 Å². The minimum absolute atomic E-state index is 0. The van der Waals surface area contributed by atoms with E-state index in [4.69, 9.17) is 5.11 Å². The Morgan fingerprint density at radius 2 is 1.85 bits per heavy atom. The van der Waals surface area contributed by atoms with Crippen molar-refractivity contribution in [3.63, 3.8) is 0 Å². The second-order valence-corrected chi connectivity index (χ2v) is 4.96. The maximum absolute atomic E-state index is 8.81. The van der Waals surface area contributed by atoms with Gasteiger partial charge in [0.2, 0.25) is 0 Å². The van der Waals surface area contributed by atoms with E-state index in [9.17, 15) is 0 Å². The van der Waals surface area contributed by atoms with E-state index in [2.05, 4.69) is 21.1 Å². The molecule has 2 nitrogen and oxygen atoms in total. The quantitative estimate of drug-likeness (QED) is 0.591. The predicted octanol–water partition coefficient (Wildman–Crippen LogP) is -1.75. The molecule has 2 atom stereocenters. The number of halogens is 1. The maximum Gasteiger partial charge on any atom is 0.0886 e. The van der Waals surface area contributed by atoms with Crippen LogP contribution in [0.15, 0.2) is 0 Å². The molecule has 1 fully saturated rings. The van der Waals surface area contributed by atoms with Gasteiger partial charge in [-0.25, -0.2) is 0 Å². The van der Waals surface area contributed by atoms with Crippen molar-refractivity contribution in [3.05, 3.63) is 0 Å². The Hall–Kier alpha value is 0.400. The molecule has 1 aliphatic rings. The maximum atomic E-state index is 8.81. The standard InChI is InChI=1S/C10H22NO.BrH/c1-11(2,3)10-5-4-9(8-10)6-7-12;/h9-10,12H,4-8H2,1-3H3;1H/q+1;/p-1. The summed E-state index contributed by atoms with van der Waals surface area (Å²) in [7, 11) is 6.81. The molecule has 0 bridgehead atoms. The first-order chi connectivity index (χ1) is 5.54. The summed E-state index contributed by atoms with van der Waals surface area (Å²) in [4.78, 5) is 0. The van der Waals surface area contributed by atoms with Crippen molar-refractivity contribution in [2.24, 2.45) is 5.92 Å². The van der Waals surface area contributed by atoms with Crippen molar-refractivity contribution in [1.29, 1.82) is 0 Å². The average molecular weight is 252 g/mol. The molecule has 80 valence electrons. The van der Waals surface area contributed by atoms with E-state index >= 15 is 0 Å². The van der Waals surface area contributed by atoms with Crippen LogP contribution in [0.1, 0.15) is 25.7 Å². The molecule has 0 aromatic rings. The lowest BCUT2D eigenvalue weighted by Crippen LogP contribution is -3.00. The number of rotatable bonds is 3. The van der Waals surface area contributed by atoms with Gasteiger partial charge in [-0.3, -0.25) is 0 Å². The molecule has 1 saturated carbocycles. The summed E-state index contributed by atoms with van der Waals surface area (Å²) in [6.45, 7) is 0.370. The molecule has 0 aromatic heterocycles. The van der Waals surface area contributed by atoms with Crippen LogP contribution in [-0.4, -0.2) is 43.4 Å². The van der Waals surface area contributed by atoms with E-state index in [1.54, 1.807) is 0 Å². The predicted molar refractivity (Wildman–Crippen MR) is 50.9 cm³/mol. The molecule has 0 heterocycles. The van der Waals surface area contributed by atoms with Gasteiger partial charge < -0.3 is 26.6 Å². The van der Waals surface area contributed by atoms with Gasteiger partial charge in [0, 0.05) is 13.0 Å². The van der Waals surface area contributed by atoms with E-state index in [-0.39, 0.29) is 17.0 Å². The lowest BCUT2D eigenvalue weighted by Gasteiger charge is -2.31. The molecule has 0 radical (unpaired) electrons. The van der Waals surface area contributed by atoms with Crippen molar-refractivity contribution in [1.82, 2.24) is 0 Å². The van der Waals surface area contributed by atoms with Gasteiger partial charge in [0.25, 0.3) is 0 Å². The van der Waals surface area contributed by atoms with E-state index in [1.165, 1.54) is 19.3 Å². The fourth-order valence-electron chi connectivity index (χ4n) is 2.20. The van der Waals surface area contributed by atoms with E-state index in [0.29, 0.717) is 6.61 Å². The van der Waals surface area contributed by atoms with Crippen LogP contribution in [0, 0.1) is 5.92 Å². The van der Waals surface area contributed by atoms with Crippen molar-refractivity contribution in [2.75, 3.05) is 27.7 Å². The van der Waals surface area contributed by atoms with Crippen LogP contribution in [0.3, 0.4) is 0 Å². The summed E-state index contributed by atoms with van der Waals surface area (Å²) in [5.74, 6) is 0.789. The molecule has 0 amide bonds. The highest BCUT2D eigenvalue weighted by Crippen LogP contribution is 2.32. The number of aliphatic hydroxyl groups excluding tert-OH is 1. The second kappa shape index (κ2) is 5.32. The fourth-order valence-corrected chi connectivity index (χ4v) is 2.20. The van der Waals surface area contributed by atoms with Gasteiger partial charge in [0.15, 0.2) is 0 Å². The third-order valence-corrected chi connectivity index (χ3v) is 3.15. The van der Waals surface area contributed by atoms with Crippen molar-refractivity contribution < 1.29 is 26.6 Å². The minimum Gasteiger partial charge on any atom is -1.00 e. The van der Waals surface area contributed by atoms with Crippen molar-refractivity contribution >= 4 is 0 Å². The number of aliphatic hydroxyl groups is 1. The van der Waals surface area contributed by atoms with Gasteiger partial charge in [-0.1, -0.05) is 0 Å². The molecule has 1 rings (SSSR count). The normalized spacial score (nSPS) is 28.6. The fraction of sp³-hybridized carbons (Fsp3) is 1.00. The van der Waals surface area contributed by atoms with Crippen LogP contribution < -0.4 is 17.0 Å². The smallest absolute Gasteiger partial charge is 0.0886 e. The Labute approximate surface area is 92.3 Å². The van der Waals surface area contributed by atoms with E-state index in [1.807, 2.05) is 0 Å². The summed E-state index contributed by atoms with van der Waals surface area (Å²) in [5, 5.41) is 8.81. The van der Waals surface area contributed by atoms with Crippen molar-refractivity contribution in [2.45, 2.75) is 31.7 Å². The zero-order valence-electron chi connectivity index (χ0n) is 8.96. The molecule has 0 saturated heterocycles. The Balaban J connectivity index is 0.00000144. The molecular weight excluding hydrogens is 230 g/mol. The lowest BCUT2D eigenvalue weighted by molar-refractivity contribution is -0.895. The van der Waals surface area contributed by atoms with E-state index in [0.717, 1.165) is 22.9 Å². The lowest BCUT2D eigenvalue weighted by atomic mass is 10.0. The highest BCUT2D eigenvalue weighted by molar-refractivity contribution is 4.75. The molecule has 1 aliphatic carbocycles. The molecular formula is C10H22BrNO. The van der Waals surface area contributed by atoms with Gasteiger partial charge in [0.05, 0.1) is 27.2 Å². The topological polar surface area (TPSA) is 20.2 Å². The van der Waals surface area contributed by atoms with Gasteiger partial charge in [-0.2, -0.15) is 0 Å². The Bertz CT molecular complexity index is 144. The van der Waals surface area contributed by atoms with Gasteiger partial charge >= 0.3 is 0 Å². The van der Waals surface area contributed by atoms with E-state index < -0.39 is 0 Å². The molecule has 2 unspecified atom stereocenters.